The first kappa shape index (κ1) is 21.8. The number of likely N-dealkylation sites (N-methyl/N-ethyl adjacent to an activating group) is 2. The monoisotopic (exact) mass is 379 g/mol. The summed E-state index contributed by atoms with van der Waals surface area (Å²) in [4.78, 5) is 18.2. The van der Waals surface area contributed by atoms with E-state index in [9.17, 15) is 9.18 Å². The average molecular weight is 380 g/mol. The van der Waals surface area contributed by atoms with E-state index in [0.29, 0.717) is 18.7 Å². The van der Waals surface area contributed by atoms with E-state index in [2.05, 4.69) is 10.3 Å². The summed E-state index contributed by atoms with van der Waals surface area (Å²) in [5.41, 5.74) is 1.45. The molecular formula is C15H20Cl2FN3OS. The summed E-state index contributed by atoms with van der Waals surface area (Å²) in [6, 6.07) is 6.33. The fraction of sp³-hybridized carbons (Fsp3) is 0.333. The maximum atomic E-state index is 12.9. The fourth-order valence-electron chi connectivity index (χ4n) is 1.84. The van der Waals surface area contributed by atoms with E-state index in [1.54, 1.807) is 29.5 Å². The van der Waals surface area contributed by atoms with Crippen LogP contribution < -0.4 is 5.32 Å². The summed E-state index contributed by atoms with van der Waals surface area (Å²) < 4.78 is 12.9. The van der Waals surface area contributed by atoms with Crippen LogP contribution in [0.4, 0.5) is 4.39 Å². The first-order valence-electron chi connectivity index (χ1n) is 6.69. The second-order valence-electron chi connectivity index (χ2n) is 4.76. The van der Waals surface area contributed by atoms with Crippen LogP contribution in [0.5, 0.6) is 0 Å². The molecule has 0 aliphatic rings. The van der Waals surface area contributed by atoms with Crippen molar-refractivity contribution in [3.05, 3.63) is 51.7 Å². The lowest BCUT2D eigenvalue weighted by atomic mass is 10.1. The van der Waals surface area contributed by atoms with Crippen LogP contribution in [0, 0.1) is 5.82 Å². The largest absolute Gasteiger partial charge is 0.339 e. The average Bonchev–Trinajstić information content (AvgIpc) is 2.95. The highest BCUT2D eigenvalue weighted by Gasteiger charge is 2.15. The highest BCUT2D eigenvalue weighted by atomic mass is 35.5. The third-order valence-corrected chi connectivity index (χ3v) is 3.93. The lowest BCUT2D eigenvalue weighted by molar-refractivity contribution is 0.0791. The first-order chi connectivity index (χ1) is 10.1. The minimum atomic E-state index is -0.250. The number of nitrogens with zero attached hydrogens (tertiary/aromatic N) is 2. The van der Waals surface area contributed by atoms with Crippen LogP contribution in [0.2, 0.25) is 0 Å². The molecule has 128 valence electrons. The van der Waals surface area contributed by atoms with E-state index in [1.165, 1.54) is 23.5 Å². The molecular weight excluding hydrogens is 360 g/mol. The standard InChI is InChI=1S/C15H18FN3OS.2ClH/c1-17-7-8-19(2)15(20)13-10-21-14(18-13)9-11-3-5-12(16)6-4-11;;/h3-6,10,17H,7-9H2,1-2H3;2*1H. The molecule has 1 N–H and O–H groups in total. The molecule has 0 radical (unpaired) electrons. The van der Waals surface area contributed by atoms with E-state index < -0.39 is 0 Å². The van der Waals surface area contributed by atoms with Crippen molar-refractivity contribution < 1.29 is 9.18 Å². The molecule has 1 amide bonds. The molecule has 1 aromatic heterocycles. The topological polar surface area (TPSA) is 45.2 Å². The molecule has 0 fully saturated rings. The number of hydrogen-bond donors (Lipinski definition) is 1. The molecule has 0 unspecified atom stereocenters. The van der Waals surface area contributed by atoms with Crippen LogP contribution in [-0.2, 0) is 6.42 Å². The molecule has 1 aromatic carbocycles. The van der Waals surface area contributed by atoms with Gasteiger partial charge in [0.25, 0.3) is 5.91 Å². The van der Waals surface area contributed by atoms with Crippen molar-refractivity contribution in [3.63, 3.8) is 0 Å². The maximum Gasteiger partial charge on any atom is 0.273 e. The van der Waals surface area contributed by atoms with Crippen LogP contribution in [0.3, 0.4) is 0 Å². The van der Waals surface area contributed by atoms with Crippen molar-refractivity contribution in [2.45, 2.75) is 6.42 Å². The number of amides is 1. The molecule has 0 saturated carbocycles. The lowest BCUT2D eigenvalue weighted by Gasteiger charge is -2.15. The number of rotatable bonds is 6. The maximum absolute atomic E-state index is 12.9. The van der Waals surface area contributed by atoms with Crippen molar-refractivity contribution >= 4 is 42.1 Å². The third-order valence-electron chi connectivity index (χ3n) is 3.08. The van der Waals surface area contributed by atoms with Gasteiger partial charge in [-0.05, 0) is 24.7 Å². The predicted molar refractivity (Wildman–Crippen MR) is 96.7 cm³/mol. The van der Waals surface area contributed by atoms with Crippen LogP contribution in [0.25, 0.3) is 0 Å². The molecule has 4 nitrogen and oxygen atoms in total. The van der Waals surface area contributed by atoms with Crippen molar-refractivity contribution in [2.24, 2.45) is 0 Å². The Bertz CT molecular complexity index is 607. The van der Waals surface area contributed by atoms with Gasteiger partial charge in [0.05, 0.1) is 5.01 Å². The summed E-state index contributed by atoms with van der Waals surface area (Å²) >= 11 is 1.45. The van der Waals surface area contributed by atoms with Crippen molar-refractivity contribution in [1.82, 2.24) is 15.2 Å². The van der Waals surface area contributed by atoms with E-state index in [1.807, 2.05) is 7.05 Å². The number of nitrogens with one attached hydrogen (secondary N) is 1. The summed E-state index contributed by atoms with van der Waals surface area (Å²) in [6.07, 6.45) is 0.610. The molecule has 8 heteroatoms. The summed E-state index contributed by atoms with van der Waals surface area (Å²) in [6.45, 7) is 1.38. The molecule has 23 heavy (non-hydrogen) atoms. The Morgan fingerprint density at radius 1 is 1.30 bits per heavy atom. The number of halogens is 3. The Balaban J connectivity index is 0.00000242. The molecule has 1 heterocycles. The molecule has 2 aromatic rings. The predicted octanol–water partition coefficient (Wildman–Crippen LogP) is 3.01. The van der Waals surface area contributed by atoms with E-state index in [4.69, 9.17) is 0 Å². The molecule has 0 bridgehead atoms. The van der Waals surface area contributed by atoms with E-state index in [0.717, 1.165) is 17.1 Å². The third kappa shape index (κ3) is 6.43. The summed E-state index contributed by atoms with van der Waals surface area (Å²) in [5, 5.41) is 5.63. The van der Waals surface area contributed by atoms with Crippen LogP contribution in [-0.4, -0.2) is 43.0 Å². The van der Waals surface area contributed by atoms with Gasteiger partial charge >= 0.3 is 0 Å². The van der Waals surface area contributed by atoms with Crippen molar-refractivity contribution in [3.8, 4) is 0 Å². The van der Waals surface area contributed by atoms with Gasteiger partial charge in [0, 0.05) is 31.9 Å². The minimum Gasteiger partial charge on any atom is -0.339 e. The second kappa shape index (κ2) is 10.5. The molecule has 2 rings (SSSR count). The number of thiazole rings is 1. The van der Waals surface area contributed by atoms with Gasteiger partial charge in [-0.15, -0.1) is 36.2 Å². The molecule has 0 atom stereocenters. The minimum absolute atomic E-state index is 0. The van der Waals surface area contributed by atoms with Gasteiger partial charge in [-0.3, -0.25) is 4.79 Å². The summed E-state index contributed by atoms with van der Waals surface area (Å²) in [5.74, 6) is -0.327. The van der Waals surface area contributed by atoms with Crippen LogP contribution in [0.15, 0.2) is 29.6 Å². The van der Waals surface area contributed by atoms with Crippen LogP contribution >= 0.6 is 36.2 Å². The SMILES string of the molecule is CNCCN(C)C(=O)c1csc(Cc2ccc(F)cc2)n1.Cl.Cl. The lowest BCUT2D eigenvalue weighted by Crippen LogP contribution is -2.32. The zero-order chi connectivity index (χ0) is 15.2. The van der Waals surface area contributed by atoms with Crippen molar-refractivity contribution in [1.29, 1.82) is 0 Å². The number of aromatic nitrogens is 1. The van der Waals surface area contributed by atoms with Gasteiger partial charge in [0.2, 0.25) is 0 Å². The molecule has 0 saturated heterocycles. The Morgan fingerprint density at radius 3 is 2.57 bits per heavy atom. The highest BCUT2D eigenvalue weighted by molar-refractivity contribution is 7.09. The van der Waals surface area contributed by atoms with Gasteiger partial charge < -0.3 is 10.2 Å². The Morgan fingerprint density at radius 2 is 1.96 bits per heavy atom. The van der Waals surface area contributed by atoms with Crippen molar-refractivity contribution in [2.75, 3.05) is 27.2 Å². The Labute approximate surface area is 151 Å². The highest BCUT2D eigenvalue weighted by Crippen LogP contribution is 2.16. The smallest absolute Gasteiger partial charge is 0.273 e. The number of carbonyl (C=O) groups excluding carboxylic acids is 1. The Hall–Kier alpha value is -1.21. The zero-order valence-electron chi connectivity index (χ0n) is 12.9. The number of benzene rings is 1. The van der Waals surface area contributed by atoms with Gasteiger partial charge in [-0.2, -0.15) is 0 Å². The summed E-state index contributed by atoms with van der Waals surface area (Å²) in [7, 11) is 3.61. The van der Waals surface area contributed by atoms with Gasteiger partial charge in [-0.25, -0.2) is 9.37 Å². The quantitative estimate of drug-likeness (QED) is 0.838. The Kier molecular flexibility index (Phi) is 9.99. The zero-order valence-corrected chi connectivity index (χ0v) is 15.4. The van der Waals surface area contributed by atoms with Crippen LogP contribution in [0.1, 0.15) is 21.1 Å². The molecule has 0 spiro atoms. The molecule has 0 aliphatic carbocycles. The number of hydrogen-bond acceptors (Lipinski definition) is 4. The molecule has 0 aliphatic heterocycles. The van der Waals surface area contributed by atoms with Gasteiger partial charge in [0.1, 0.15) is 11.5 Å². The number of carbonyl (C=O) groups is 1. The fourth-order valence-corrected chi connectivity index (χ4v) is 2.65. The van der Waals surface area contributed by atoms with E-state index >= 15 is 0 Å². The van der Waals surface area contributed by atoms with Gasteiger partial charge in [-0.1, -0.05) is 12.1 Å². The van der Waals surface area contributed by atoms with E-state index in [-0.39, 0.29) is 36.5 Å². The normalized spacial score (nSPS) is 9.70. The van der Waals surface area contributed by atoms with Gasteiger partial charge in [0.15, 0.2) is 0 Å². The first-order valence-corrected chi connectivity index (χ1v) is 7.57. The second-order valence-corrected chi connectivity index (χ2v) is 5.70.